The molecule has 1 aromatic rings. The van der Waals surface area contributed by atoms with E-state index in [4.69, 9.17) is 17.3 Å². The molecule has 1 aromatic carbocycles. The van der Waals surface area contributed by atoms with Gasteiger partial charge in [0.05, 0.1) is 4.91 Å². The summed E-state index contributed by atoms with van der Waals surface area (Å²) in [7, 11) is 0. The van der Waals surface area contributed by atoms with Crippen molar-refractivity contribution in [3.05, 3.63) is 40.8 Å². The molecular formula is C17H18N2O4S2. The number of hydrogen-bond acceptors (Lipinski definition) is 5. The molecule has 1 saturated heterocycles. The molecule has 0 aliphatic carbocycles. The molecule has 0 unspecified atom stereocenters. The predicted molar refractivity (Wildman–Crippen MR) is 101 cm³/mol. The number of carboxylic acid groups (broad SMARTS) is 1. The van der Waals surface area contributed by atoms with Crippen molar-refractivity contribution in [3.63, 3.8) is 0 Å². The lowest BCUT2D eigenvalue weighted by Gasteiger charge is -2.17. The number of nitrogens with one attached hydrogen (secondary N) is 1. The fraction of sp³-hybridized carbons (Fsp3) is 0.294. The van der Waals surface area contributed by atoms with Crippen LogP contribution in [0.5, 0.6) is 0 Å². The van der Waals surface area contributed by atoms with Gasteiger partial charge in [0.15, 0.2) is 0 Å². The van der Waals surface area contributed by atoms with E-state index in [0.29, 0.717) is 17.7 Å². The lowest BCUT2D eigenvalue weighted by Crippen LogP contribution is -2.46. The van der Waals surface area contributed by atoms with E-state index in [-0.39, 0.29) is 16.8 Å². The Hall–Kier alpha value is -2.19. The minimum absolute atomic E-state index is 0.282. The fourth-order valence-corrected chi connectivity index (χ4v) is 3.52. The molecule has 1 heterocycles. The van der Waals surface area contributed by atoms with Gasteiger partial charge in [0.1, 0.15) is 16.9 Å². The van der Waals surface area contributed by atoms with E-state index in [1.165, 1.54) is 4.90 Å². The number of nitrogens with zero attached hydrogens (tertiary/aromatic N) is 1. The average Bonchev–Trinajstić information content (AvgIpc) is 2.83. The Morgan fingerprint density at radius 2 is 2.04 bits per heavy atom. The van der Waals surface area contributed by atoms with Gasteiger partial charge in [-0.15, -0.1) is 0 Å². The van der Waals surface area contributed by atoms with Gasteiger partial charge in [0.2, 0.25) is 5.91 Å². The molecule has 1 aliphatic heterocycles. The zero-order valence-corrected chi connectivity index (χ0v) is 15.2. The summed E-state index contributed by atoms with van der Waals surface area (Å²) >= 11 is 6.30. The summed E-state index contributed by atoms with van der Waals surface area (Å²) in [6.45, 7) is 1.54. The highest BCUT2D eigenvalue weighted by atomic mass is 32.2. The maximum Gasteiger partial charge on any atom is 0.326 e. The highest BCUT2D eigenvalue weighted by Crippen LogP contribution is 2.32. The monoisotopic (exact) mass is 378 g/mol. The summed E-state index contributed by atoms with van der Waals surface area (Å²) in [5.41, 5.74) is 0.862. The summed E-state index contributed by atoms with van der Waals surface area (Å²) in [6, 6.07) is 8.36. The van der Waals surface area contributed by atoms with Crippen molar-refractivity contribution < 1.29 is 19.5 Å². The second-order valence-electron chi connectivity index (χ2n) is 5.43. The van der Waals surface area contributed by atoms with Crippen molar-refractivity contribution >= 4 is 52.2 Å². The van der Waals surface area contributed by atoms with Gasteiger partial charge in [0.25, 0.3) is 5.91 Å². The Morgan fingerprint density at radius 3 is 2.64 bits per heavy atom. The number of carbonyl (C=O) groups is 3. The van der Waals surface area contributed by atoms with E-state index >= 15 is 0 Å². The highest BCUT2D eigenvalue weighted by molar-refractivity contribution is 8.26. The van der Waals surface area contributed by atoms with Gasteiger partial charge in [-0.1, -0.05) is 67.7 Å². The van der Waals surface area contributed by atoms with Crippen molar-refractivity contribution in [3.8, 4) is 0 Å². The van der Waals surface area contributed by atoms with Crippen molar-refractivity contribution in [1.29, 1.82) is 0 Å². The number of amides is 2. The van der Waals surface area contributed by atoms with Crippen LogP contribution in [0, 0.1) is 0 Å². The fourth-order valence-electron chi connectivity index (χ4n) is 2.27. The first kappa shape index (κ1) is 19.1. The molecule has 1 aliphatic rings. The topological polar surface area (TPSA) is 86.7 Å². The first-order valence-corrected chi connectivity index (χ1v) is 8.97. The predicted octanol–water partition coefficient (Wildman–Crippen LogP) is 2.26. The van der Waals surface area contributed by atoms with E-state index in [0.717, 1.165) is 17.3 Å². The summed E-state index contributed by atoms with van der Waals surface area (Å²) in [5.74, 6) is -1.99. The molecule has 0 saturated carbocycles. The van der Waals surface area contributed by atoms with Crippen LogP contribution in [0.1, 0.15) is 25.3 Å². The molecule has 0 bridgehead atoms. The second kappa shape index (κ2) is 8.77. The van der Waals surface area contributed by atoms with E-state index in [1.54, 1.807) is 6.08 Å². The Kier molecular flexibility index (Phi) is 6.72. The Bertz CT molecular complexity index is 719. The van der Waals surface area contributed by atoms with Gasteiger partial charge in [-0.25, -0.2) is 4.79 Å². The molecule has 2 N–H and O–H groups in total. The summed E-state index contributed by atoms with van der Waals surface area (Å²) < 4.78 is 0.282. The third kappa shape index (κ3) is 5.14. The van der Waals surface area contributed by atoms with Crippen LogP contribution in [0.25, 0.3) is 6.08 Å². The largest absolute Gasteiger partial charge is 0.480 e. The van der Waals surface area contributed by atoms with Gasteiger partial charge in [-0.2, -0.15) is 0 Å². The van der Waals surface area contributed by atoms with Crippen molar-refractivity contribution in [2.24, 2.45) is 0 Å². The number of rotatable bonds is 7. The molecule has 8 heteroatoms. The molecule has 132 valence electrons. The van der Waals surface area contributed by atoms with Gasteiger partial charge in [-0.3, -0.25) is 14.5 Å². The number of hydrogen-bond donors (Lipinski definition) is 2. The number of thioether (sulfide) groups is 1. The molecule has 2 amide bonds. The first-order chi connectivity index (χ1) is 11.9. The maximum atomic E-state index is 12.5. The number of carboxylic acids is 1. The number of aliphatic carboxylic acids is 1. The molecule has 2 rings (SSSR count). The van der Waals surface area contributed by atoms with Crippen LogP contribution < -0.4 is 5.32 Å². The van der Waals surface area contributed by atoms with Crippen LogP contribution in [0.3, 0.4) is 0 Å². The van der Waals surface area contributed by atoms with Gasteiger partial charge in [-0.05, 0) is 18.1 Å². The normalized spacial score (nSPS) is 17.0. The van der Waals surface area contributed by atoms with Crippen molar-refractivity contribution in [2.75, 3.05) is 6.54 Å². The van der Waals surface area contributed by atoms with Crippen LogP contribution in [0.15, 0.2) is 35.2 Å². The summed E-state index contributed by atoms with van der Waals surface area (Å²) in [6.07, 6.45) is 2.67. The Balaban J connectivity index is 2.04. The average molecular weight is 378 g/mol. The molecule has 1 fully saturated rings. The third-order valence-electron chi connectivity index (χ3n) is 3.48. The smallest absolute Gasteiger partial charge is 0.326 e. The lowest BCUT2D eigenvalue weighted by molar-refractivity contribution is -0.142. The van der Waals surface area contributed by atoms with Crippen molar-refractivity contribution in [2.45, 2.75) is 25.8 Å². The molecular weight excluding hydrogens is 360 g/mol. The van der Waals surface area contributed by atoms with E-state index in [9.17, 15) is 14.4 Å². The third-order valence-corrected chi connectivity index (χ3v) is 4.86. The first-order valence-electron chi connectivity index (χ1n) is 7.75. The van der Waals surface area contributed by atoms with E-state index in [1.807, 2.05) is 37.3 Å². The molecule has 0 radical (unpaired) electrons. The van der Waals surface area contributed by atoms with E-state index < -0.39 is 17.9 Å². The standard InChI is InChI=1S/C17H18N2O4S2/c1-2-6-12(16(22)23)18-14(20)10-19-15(21)13(25-17(19)24)9-11-7-4-3-5-8-11/h3-5,7-9,12H,2,6,10H2,1H3,(H,18,20)(H,22,23)/b13-9-/t12-/m1/s1. The number of benzene rings is 1. The van der Waals surface area contributed by atoms with E-state index in [2.05, 4.69) is 5.32 Å². The van der Waals surface area contributed by atoms with Crippen LogP contribution in [0.2, 0.25) is 0 Å². The molecule has 25 heavy (non-hydrogen) atoms. The minimum Gasteiger partial charge on any atom is -0.480 e. The Morgan fingerprint density at radius 1 is 1.36 bits per heavy atom. The molecule has 6 nitrogen and oxygen atoms in total. The number of thiocarbonyl (C=S) groups is 1. The zero-order chi connectivity index (χ0) is 18.4. The Labute approximate surface area is 155 Å². The molecule has 0 spiro atoms. The van der Waals surface area contributed by atoms with Gasteiger partial charge < -0.3 is 10.4 Å². The minimum atomic E-state index is -1.09. The number of carbonyl (C=O) groups excluding carboxylic acids is 2. The maximum absolute atomic E-state index is 12.5. The van der Waals surface area contributed by atoms with Gasteiger partial charge >= 0.3 is 5.97 Å². The van der Waals surface area contributed by atoms with Crippen LogP contribution in [-0.2, 0) is 14.4 Å². The SMILES string of the molecule is CCC[C@@H](NC(=O)CN1C(=O)/C(=C/c2ccccc2)SC1=S)C(=O)O. The van der Waals surface area contributed by atoms with Crippen LogP contribution >= 0.6 is 24.0 Å². The highest BCUT2D eigenvalue weighted by Gasteiger charge is 2.34. The molecule has 0 aromatic heterocycles. The second-order valence-corrected chi connectivity index (χ2v) is 7.10. The quantitative estimate of drug-likeness (QED) is 0.559. The lowest BCUT2D eigenvalue weighted by atomic mass is 10.1. The van der Waals surface area contributed by atoms with Crippen LogP contribution in [-0.4, -0.2) is 44.7 Å². The van der Waals surface area contributed by atoms with Crippen LogP contribution in [0.4, 0.5) is 0 Å². The van der Waals surface area contributed by atoms with Crippen molar-refractivity contribution in [1.82, 2.24) is 10.2 Å². The summed E-state index contributed by atoms with van der Waals surface area (Å²) in [4.78, 5) is 37.3. The van der Waals surface area contributed by atoms with Gasteiger partial charge in [0, 0.05) is 0 Å². The summed E-state index contributed by atoms with van der Waals surface area (Å²) in [5, 5.41) is 11.5. The molecule has 1 atom stereocenters. The zero-order valence-electron chi connectivity index (χ0n) is 13.6.